The molecule has 194 valence electrons. The molecule has 1 aliphatic rings. The summed E-state index contributed by atoms with van der Waals surface area (Å²) in [5, 5.41) is 8.39. The predicted molar refractivity (Wildman–Crippen MR) is 177 cm³/mol. The molecule has 1 aromatic heterocycles. The maximum absolute atomic E-state index is 6.78. The highest BCUT2D eigenvalue weighted by atomic mass is 35.5. The third-order valence-electron chi connectivity index (χ3n) is 8.45. The fourth-order valence-corrected chi connectivity index (χ4v) is 12.2. The highest BCUT2D eigenvalue weighted by molar-refractivity contribution is 7.20. The molecule has 0 bridgehead atoms. The Kier molecular flexibility index (Phi) is 5.59. The predicted octanol–water partition coefficient (Wildman–Crippen LogP) is 7.77. The van der Waals surface area contributed by atoms with Crippen LogP contribution in [0.25, 0.3) is 45.2 Å². The number of furan rings is 1. The topological polar surface area (TPSA) is 13.1 Å². The number of benzene rings is 6. The van der Waals surface area contributed by atoms with Crippen molar-refractivity contribution in [3.63, 3.8) is 0 Å². The van der Waals surface area contributed by atoms with Crippen LogP contribution in [-0.4, -0.2) is 8.07 Å². The van der Waals surface area contributed by atoms with E-state index in [0.717, 1.165) is 27.0 Å². The molecule has 2 heterocycles. The first-order chi connectivity index (χ1) is 20.2. The van der Waals surface area contributed by atoms with Crippen molar-refractivity contribution in [1.29, 1.82) is 0 Å². The standard InChI is InChI=1S/C38H25ClOSi/c39-29-23-22-27-19-18-26-20-21-28(32-15-9-17-35-38(32)33-14-7-8-16-34(33)40-35)24-36(26)41(37(27)25-29,30-10-3-1-4-11-30)31-12-5-2-6-13-31/h1-25H. The van der Waals surface area contributed by atoms with Gasteiger partial charge in [0.25, 0.3) is 0 Å². The summed E-state index contributed by atoms with van der Waals surface area (Å²) >= 11 is 6.78. The SMILES string of the molecule is Clc1ccc2c(c1)[Si](c1ccccc1)(c1ccccc1)c1cc(-c3cccc4oc5ccccc5c34)ccc1C=C2. The molecule has 0 spiro atoms. The van der Waals surface area contributed by atoms with Crippen LogP contribution >= 0.6 is 11.6 Å². The number of rotatable bonds is 3. The number of fused-ring (bicyclic) bond motifs is 5. The van der Waals surface area contributed by atoms with Gasteiger partial charge in [0.15, 0.2) is 8.07 Å². The van der Waals surface area contributed by atoms with E-state index in [2.05, 4.69) is 133 Å². The molecule has 6 aromatic carbocycles. The van der Waals surface area contributed by atoms with Crippen LogP contribution in [0.2, 0.25) is 5.02 Å². The van der Waals surface area contributed by atoms with E-state index in [-0.39, 0.29) is 0 Å². The zero-order valence-corrected chi connectivity index (χ0v) is 24.0. The van der Waals surface area contributed by atoms with Gasteiger partial charge in [0.1, 0.15) is 11.2 Å². The maximum atomic E-state index is 6.78. The second-order valence-corrected chi connectivity index (χ2v) is 14.8. The Labute approximate surface area is 245 Å². The van der Waals surface area contributed by atoms with Crippen molar-refractivity contribution >= 4 is 74.5 Å². The molecule has 0 fully saturated rings. The number of hydrogen-bond acceptors (Lipinski definition) is 1. The summed E-state index contributed by atoms with van der Waals surface area (Å²) in [5.74, 6) is 0. The molecule has 0 saturated heterocycles. The van der Waals surface area contributed by atoms with Crippen molar-refractivity contribution < 1.29 is 4.42 Å². The molecule has 41 heavy (non-hydrogen) atoms. The van der Waals surface area contributed by atoms with E-state index in [1.165, 1.54) is 43.0 Å². The van der Waals surface area contributed by atoms with Gasteiger partial charge in [0, 0.05) is 15.8 Å². The minimum Gasteiger partial charge on any atom is -0.456 e. The molecule has 0 saturated carbocycles. The van der Waals surface area contributed by atoms with Crippen LogP contribution < -0.4 is 20.7 Å². The Hall–Kier alpha value is -4.63. The lowest BCUT2D eigenvalue weighted by Gasteiger charge is -2.36. The molecule has 7 aromatic rings. The zero-order valence-electron chi connectivity index (χ0n) is 22.2. The molecule has 0 radical (unpaired) electrons. The molecule has 1 aliphatic heterocycles. The minimum absolute atomic E-state index is 0.759. The molecule has 8 rings (SSSR count). The van der Waals surface area contributed by atoms with E-state index in [1.807, 2.05) is 18.2 Å². The van der Waals surface area contributed by atoms with Gasteiger partial charge in [-0.3, -0.25) is 0 Å². The summed E-state index contributed by atoms with van der Waals surface area (Å²) in [5.41, 5.74) is 6.64. The van der Waals surface area contributed by atoms with Crippen LogP contribution in [0.15, 0.2) is 144 Å². The van der Waals surface area contributed by atoms with Gasteiger partial charge in [-0.15, -0.1) is 0 Å². The first-order valence-electron chi connectivity index (χ1n) is 13.9. The van der Waals surface area contributed by atoms with E-state index in [9.17, 15) is 0 Å². The van der Waals surface area contributed by atoms with Crippen molar-refractivity contribution in [3.05, 3.63) is 156 Å². The normalized spacial score (nSPS) is 13.6. The summed E-state index contributed by atoms with van der Waals surface area (Å²) in [6.45, 7) is 0. The molecule has 1 nitrogen and oxygen atoms in total. The van der Waals surface area contributed by atoms with Crippen molar-refractivity contribution in [1.82, 2.24) is 0 Å². The quantitative estimate of drug-likeness (QED) is 0.201. The average Bonchev–Trinajstić information content (AvgIpc) is 3.35. The molecule has 0 amide bonds. The molecule has 3 heteroatoms. The van der Waals surface area contributed by atoms with Gasteiger partial charge in [-0.05, 0) is 67.3 Å². The van der Waals surface area contributed by atoms with Crippen LogP contribution in [0.3, 0.4) is 0 Å². The van der Waals surface area contributed by atoms with Crippen LogP contribution in [0.1, 0.15) is 11.1 Å². The lowest BCUT2D eigenvalue weighted by atomic mass is 9.98. The van der Waals surface area contributed by atoms with Crippen LogP contribution in [0.4, 0.5) is 0 Å². The van der Waals surface area contributed by atoms with Gasteiger partial charge >= 0.3 is 0 Å². The summed E-state index contributed by atoms with van der Waals surface area (Å²) < 4.78 is 6.27. The summed E-state index contributed by atoms with van der Waals surface area (Å²) in [7, 11) is -2.80. The summed E-state index contributed by atoms with van der Waals surface area (Å²) in [4.78, 5) is 0. The van der Waals surface area contributed by atoms with Gasteiger partial charge in [-0.1, -0.05) is 139 Å². The second-order valence-electron chi connectivity index (χ2n) is 10.6. The molecular weight excluding hydrogens is 536 g/mol. The highest BCUT2D eigenvalue weighted by Crippen LogP contribution is 2.37. The molecule has 0 atom stereocenters. The lowest BCUT2D eigenvalue weighted by molar-refractivity contribution is 0.669. The Morgan fingerprint density at radius 1 is 0.512 bits per heavy atom. The van der Waals surface area contributed by atoms with Gasteiger partial charge in [-0.2, -0.15) is 0 Å². The first-order valence-corrected chi connectivity index (χ1v) is 16.3. The average molecular weight is 561 g/mol. The summed E-state index contributed by atoms with van der Waals surface area (Å²) in [6.07, 6.45) is 4.54. The van der Waals surface area contributed by atoms with Crippen molar-refractivity contribution in [3.8, 4) is 11.1 Å². The van der Waals surface area contributed by atoms with E-state index in [0.29, 0.717) is 0 Å². The van der Waals surface area contributed by atoms with Crippen LogP contribution in [0, 0.1) is 0 Å². The number of halogens is 1. The van der Waals surface area contributed by atoms with Crippen molar-refractivity contribution in [2.45, 2.75) is 0 Å². The van der Waals surface area contributed by atoms with E-state index in [4.69, 9.17) is 16.0 Å². The second kappa shape index (κ2) is 9.48. The molecule has 0 aliphatic carbocycles. The fourth-order valence-electron chi connectivity index (χ4n) is 6.70. The molecule has 0 unspecified atom stereocenters. The van der Waals surface area contributed by atoms with Crippen molar-refractivity contribution in [2.75, 3.05) is 0 Å². The maximum Gasteiger partial charge on any atom is 0.180 e. The van der Waals surface area contributed by atoms with Crippen LogP contribution in [0.5, 0.6) is 0 Å². The Balaban J connectivity index is 1.51. The first kappa shape index (κ1) is 24.2. The van der Waals surface area contributed by atoms with E-state index in [1.54, 1.807) is 0 Å². The highest BCUT2D eigenvalue weighted by Gasteiger charge is 2.44. The van der Waals surface area contributed by atoms with Crippen LogP contribution in [-0.2, 0) is 0 Å². The van der Waals surface area contributed by atoms with Gasteiger partial charge in [0.05, 0.1) is 0 Å². The third-order valence-corrected chi connectivity index (χ3v) is 13.6. The third kappa shape index (κ3) is 3.69. The largest absolute Gasteiger partial charge is 0.456 e. The fraction of sp³-hybridized carbons (Fsp3) is 0. The molecule has 0 N–H and O–H groups in total. The summed E-state index contributed by atoms with van der Waals surface area (Å²) in [6, 6.07) is 50.2. The van der Waals surface area contributed by atoms with Gasteiger partial charge < -0.3 is 4.42 Å². The Bertz CT molecular complexity index is 2070. The zero-order chi connectivity index (χ0) is 27.4. The van der Waals surface area contributed by atoms with Gasteiger partial charge in [0.2, 0.25) is 0 Å². The Morgan fingerprint density at radius 3 is 1.85 bits per heavy atom. The number of para-hydroxylation sites is 1. The van der Waals surface area contributed by atoms with E-state index >= 15 is 0 Å². The monoisotopic (exact) mass is 560 g/mol. The van der Waals surface area contributed by atoms with Crippen molar-refractivity contribution in [2.24, 2.45) is 0 Å². The smallest absolute Gasteiger partial charge is 0.180 e. The van der Waals surface area contributed by atoms with Gasteiger partial charge in [-0.25, -0.2) is 0 Å². The molecular formula is C38H25ClOSi. The number of hydrogen-bond donors (Lipinski definition) is 0. The minimum atomic E-state index is -2.80. The van der Waals surface area contributed by atoms with E-state index < -0.39 is 8.07 Å². The lowest BCUT2D eigenvalue weighted by Crippen LogP contribution is -2.75. The Morgan fingerprint density at radius 2 is 1.12 bits per heavy atom.